The molecule has 1 aromatic heterocycles. The minimum atomic E-state index is -0.345. The standard InChI is InChI=1S/C19H27NO/c1-17-6-14-7-18(2,11-17)13-19(8-14,12-17)9-16(21)15-4-3-5-20-10-15/h3-5,10,14,16,21H,6-9,11-13H2,1-2H3. The number of hydrogen-bond donors (Lipinski definition) is 1. The van der Waals surface area contributed by atoms with Crippen molar-refractivity contribution in [3.8, 4) is 0 Å². The Morgan fingerprint density at radius 1 is 1.19 bits per heavy atom. The van der Waals surface area contributed by atoms with E-state index in [4.69, 9.17) is 0 Å². The zero-order valence-corrected chi connectivity index (χ0v) is 13.3. The van der Waals surface area contributed by atoms with Crippen LogP contribution in [-0.4, -0.2) is 10.1 Å². The number of aliphatic hydroxyl groups is 1. The Labute approximate surface area is 128 Å². The van der Waals surface area contributed by atoms with Gasteiger partial charge >= 0.3 is 0 Å². The molecule has 4 bridgehead atoms. The molecule has 4 saturated carbocycles. The monoisotopic (exact) mass is 285 g/mol. The summed E-state index contributed by atoms with van der Waals surface area (Å²) in [5, 5.41) is 10.7. The lowest BCUT2D eigenvalue weighted by Gasteiger charge is -2.66. The lowest BCUT2D eigenvalue weighted by atomic mass is 9.39. The molecule has 0 amide bonds. The van der Waals surface area contributed by atoms with Gasteiger partial charge in [0.15, 0.2) is 0 Å². The first-order valence-electron chi connectivity index (χ1n) is 8.48. The quantitative estimate of drug-likeness (QED) is 0.887. The molecule has 3 atom stereocenters. The number of hydrogen-bond acceptors (Lipinski definition) is 2. The molecule has 0 spiro atoms. The van der Waals surface area contributed by atoms with Crippen LogP contribution in [0.1, 0.15) is 70.5 Å². The summed E-state index contributed by atoms with van der Waals surface area (Å²) in [7, 11) is 0. The average Bonchev–Trinajstić information content (AvgIpc) is 2.34. The van der Waals surface area contributed by atoms with Crippen molar-refractivity contribution in [2.45, 2.75) is 64.9 Å². The molecule has 1 heterocycles. The third kappa shape index (κ3) is 2.32. The van der Waals surface area contributed by atoms with E-state index >= 15 is 0 Å². The summed E-state index contributed by atoms with van der Waals surface area (Å²) in [6.07, 6.45) is 12.4. The van der Waals surface area contributed by atoms with Crippen molar-refractivity contribution in [3.05, 3.63) is 30.1 Å². The first-order valence-corrected chi connectivity index (χ1v) is 8.48. The fourth-order valence-electron chi connectivity index (χ4n) is 7.01. The number of rotatable bonds is 3. The normalized spacial score (nSPS) is 45.8. The van der Waals surface area contributed by atoms with E-state index in [1.54, 1.807) is 6.20 Å². The van der Waals surface area contributed by atoms with Crippen molar-refractivity contribution < 1.29 is 5.11 Å². The molecule has 2 nitrogen and oxygen atoms in total. The number of nitrogens with zero attached hydrogens (tertiary/aromatic N) is 1. The molecular weight excluding hydrogens is 258 g/mol. The summed E-state index contributed by atoms with van der Waals surface area (Å²) < 4.78 is 0. The molecule has 4 aliphatic carbocycles. The fraction of sp³-hybridized carbons (Fsp3) is 0.737. The highest BCUT2D eigenvalue weighted by molar-refractivity contribution is 5.15. The summed E-state index contributed by atoms with van der Waals surface area (Å²) in [5.74, 6) is 0.900. The molecule has 1 aromatic rings. The first-order chi connectivity index (χ1) is 9.90. The highest BCUT2D eigenvalue weighted by atomic mass is 16.3. The van der Waals surface area contributed by atoms with Crippen LogP contribution in [0.5, 0.6) is 0 Å². The van der Waals surface area contributed by atoms with Crippen LogP contribution in [-0.2, 0) is 0 Å². The van der Waals surface area contributed by atoms with Crippen molar-refractivity contribution in [2.24, 2.45) is 22.2 Å². The predicted molar refractivity (Wildman–Crippen MR) is 83.7 cm³/mol. The predicted octanol–water partition coefficient (Wildman–Crippen LogP) is 4.50. The molecule has 114 valence electrons. The molecule has 0 aromatic carbocycles. The fourth-order valence-corrected chi connectivity index (χ4v) is 7.01. The maximum atomic E-state index is 10.7. The molecule has 0 aliphatic heterocycles. The molecule has 3 unspecified atom stereocenters. The maximum Gasteiger partial charge on any atom is 0.0810 e. The molecule has 21 heavy (non-hydrogen) atoms. The van der Waals surface area contributed by atoms with E-state index < -0.39 is 0 Å². The van der Waals surface area contributed by atoms with Crippen LogP contribution in [0.2, 0.25) is 0 Å². The molecule has 4 aliphatic rings. The maximum absolute atomic E-state index is 10.7. The van der Waals surface area contributed by atoms with Crippen LogP contribution in [0.15, 0.2) is 24.5 Å². The van der Waals surface area contributed by atoms with Gasteiger partial charge in [0, 0.05) is 12.4 Å². The van der Waals surface area contributed by atoms with Gasteiger partial charge in [-0.1, -0.05) is 19.9 Å². The summed E-state index contributed by atoms with van der Waals surface area (Å²) in [4.78, 5) is 4.17. The lowest BCUT2D eigenvalue weighted by Crippen LogP contribution is -2.55. The van der Waals surface area contributed by atoms with Crippen LogP contribution in [0.3, 0.4) is 0 Å². The Bertz CT molecular complexity index is 522. The van der Waals surface area contributed by atoms with Gasteiger partial charge in [-0.15, -0.1) is 0 Å². The highest BCUT2D eigenvalue weighted by Crippen LogP contribution is 2.71. The SMILES string of the molecule is CC12CC3CC(C)(C1)CC(CC(O)c1cccnc1)(C3)C2. The second-order valence-corrected chi connectivity index (χ2v) is 9.14. The second-order valence-electron chi connectivity index (χ2n) is 9.14. The summed E-state index contributed by atoms with van der Waals surface area (Å²) in [6, 6.07) is 3.95. The van der Waals surface area contributed by atoms with E-state index in [-0.39, 0.29) is 6.10 Å². The molecule has 0 radical (unpaired) electrons. The van der Waals surface area contributed by atoms with E-state index in [1.165, 1.54) is 38.5 Å². The van der Waals surface area contributed by atoms with E-state index in [0.717, 1.165) is 17.9 Å². The Kier molecular flexibility index (Phi) is 2.83. The largest absolute Gasteiger partial charge is 0.388 e. The highest BCUT2D eigenvalue weighted by Gasteiger charge is 2.60. The molecule has 0 saturated heterocycles. The smallest absolute Gasteiger partial charge is 0.0810 e. The van der Waals surface area contributed by atoms with Crippen LogP contribution < -0.4 is 0 Å². The summed E-state index contributed by atoms with van der Waals surface area (Å²) in [6.45, 7) is 5.00. The van der Waals surface area contributed by atoms with Gasteiger partial charge < -0.3 is 5.11 Å². The van der Waals surface area contributed by atoms with Gasteiger partial charge in [-0.2, -0.15) is 0 Å². The van der Waals surface area contributed by atoms with Gasteiger partial charge in [0.1, 0.15) is 0 Å². The summed E-state index contributed by atoms with van der Waals surface area (Å²) in [5.41, 5.74) is 2.42. The van der Waals surface area contributed by atoms with Crippen molar-refractivity contribution in [2.75, 3.05) is 0 Å². The molecular formula is C19H27NO. The third-order valence-corrected chi connectivity index (χ3v) is 6.44. The Morgan fingerprint density at radius 2 is 1.90 bits per heavy atom. The van der Waals surface area contributed by atoms with Crippen molar-refractivity contribution in [3.63, 3.8) is 0 Å². The van der Waals surface area contributed by atoms with E-state index in [2.05, 4.69) is 18.8 Å². The van der Waals surface area contributed by atoms with Gasteiger partial charge in [-0.05, 0) is 78.7 Å². The first kappa shape index (κ1) is 13.8. The van der Waals surface area contributed by atoms with Gasteiger partial charge in [0.25, 0.3) is 0 Å². The molecule has 1 N–H and O–H groups in total. The Balaban J connectivity index is 1.60. The van der Waals surface area contributed by atoms with Gasteiger partial charge in [-0.3, -0.25) is 4.98 Å². The summed E-state index contributed by atoms with van der Waals surface area (Å²) >= 11 is 0. The topological polar surface area (TPSA) is 33.1 Å². The van der Waals surface area contributed by atoms with E-state index in [0.29, 0.717) is 16.2 Å². The molecule has 2 heteroatoms. The molecule has 5 rings (SSSR count). The van der Waals surface area contributed by atoms with Crippen LogP contribution >= 0.6 is 0 Å². The third-order valence-electron chi connectivity index (χ3n) is 6.44. The van der Waals surface area contributed by atoms with Crippen molar-refractivity contribution in [1.82, 2.24) is 4.98 Å². The average molecular weight is 285 g/mol. The number of aromatic nitrogens is 1. The van der Waals surface area contributed by atoms with Crippen LogP contribution in [0, 0.1) is 22.2 Å². The molecule has 4 fully saturated rings. The number of aliphatic hydroxyl groups excluding tert-OH is 1. The zero-order chi connectivity index (χ0) is 14.7. The van der Waals surface area contributed by atoms with E-state index in [1.807, 2.05) is 18.3 Å². The Hall–Kier alpha value is -0.890. The van der Waals surface area contributed by atoms with Crippen molar-refractivity contribution in [1.29, 1.82) is 0 Å². The Morgan fingerprint density at radius 3 is 2.48 bits per heavy atom. The zero-order valence-electron chi connectivity index (χ0n) is 13.3. The van der Waals surface area contributed by atoms with Crippen LogP contribution in [0.25, 0.3) is 0 Å². The van der Waals surface area contributed by atoms with Gasteiger partial charge in [-0.25, -0.2) is 0 Å². The lowest BCUT2D eigenvalue weighted by molar-refractivity contribution is -0.157. The van der Waals surface area contributed by atoms with Gasteiger partial charge in [0.2, 0.25) is 0 Å². The minimum Gasteiger partial charge on any atom is -0.388 e. The minimum absolute atomic E-state index is 0.345. The number of pyridine rings is 1. The van der Waals surface area contributed by atoms with Crippen LogP contribution in [0.4, 0.5) is 0 Å². The van der Waals surface area contributed by atoms with Crippen molar-refractivity contribution >= 4 is 0 Å². The second kappa shape index (κ2) is 4.32. The van der Waals surface area contributed by atoms with E-state index in [9.17, 15) is 5.11 Å². The van der Waals surface area contributed by atoms with Gasteiger partial charge in [0.05, 0.1) is 6.10 Å².